The Bertz CT molecular complexity index is 1830. The van der Waals surface area contributed by atoms with Crippen LogP contribution in [0, 0.1) is 13.8 Å². The van der Waals surface area contributed by atoms with E-state index in [1.165, 1.54) is 36.9 Å². The van der Waals surface area contributed by atoms with Crippen LogP contribution in [0.15, 0.2) is 71.6 Å². The molecule has 0 unspecified atom stereocenters. The summed E-state index contributed by atoms with van der Waals surface area (Å²) in [5, 5.41) is 16.8. The van der Waals surface area contributed by atoms with E-state index in [1.54, 1.807) is 49.4 Å². The molecule has 1 aliphatic rings. The fourth-order valence-electron chi connectivity index (χ4n) is 4.95. The predicted molar refractivity (Wildman–Crippen MR) is 170 cm³/mol. The van der Waals surface area contributed by atoms with Gasteiger partial charge in [-0.15, -0.1) is 0 Å². The average molecular weight is 650 g/mol. The van der Waals surface area contributed by atoms with Gasteiger partial charge in [0.2, 0.25) is 15.9 Å². The van der Waals surface area contributed by atoms with Crippen LogP contribution in [0.3, 0.4) is 0 Å². The maximum atomic E-state index is 13.8. The number of methoxy groups -OCH3 is 1. The number of nitrogens with zero attached hydrogens (tertiary/aromatic N) is 3. The van der Waals surface area contributed by atoms with Crippen molar-refractivity contribution >= 4 is 27.6 Å². The third-order valence-electron chi connectivity index (χ3n) is 7.50. The van der Waals surface area contributed by atoms with E-state index in [-0.39, 0.29) is 40.0 Å². The minimum absolute atomic E-state index is 0.00373. The van der Waals surface area contributed by atoms with E-state index in [4.69, 9.17) is 14.2 Å². The van der Waals surface area contributed by atoms with E-state index in [1.807, 2.05) is 6.07 Å². The topological polar surface area (TPSA) is 161 Å². The molecule has 0 saturated carbocycles. The molecule has 1 fully saturated rings. The van der Waals surface area contributed by atoms with E-state index < -0.39 is 21.9 Å². The molecule has 1 saturated heterocycles. The fourth-order valence-corrected chi connectivity index (χ4v) is 6.13. The quantitative estimate of drug-likeness (QED) is 0.206. The molecule has 0 radical (unpaired) electrons. The zero-order chi connectivity index (χ0) is 32.8. The number of nitrogens with one attached hydrogen (secondary N) is 2. The van der Waals surface area contributed by atoms with Crippen molar-refractivity contribution < 1.29 is 37.3 Å². The van der Waals surface area contributed by atoms with Gasteiger partial charge in [0.15, 0.2) is 5.69 Å². The van der Waals surface area contributed by atoms with Gasteiger partial charge in [-0.05, 0) is 67.9 Å². The molecule has 46 heavy (non-hydrogen) atoms. The van der Waals surface area contributed by atoms with Crippen LogP contribution in [0.1, 0.15) is 32.0 Å². The molecule has 13 nitrogen and oxygen atoms in total. The van der Waals surface area contributed by atoms with Crippen LogP contribution >= 0.6 is 0 Å². The summed E-state index contributed by atoms with van der Waals surface area (Å²) in [6.45, 7) is 6.45. The predicted octanol–water partition coefficient (Wildman–Crippen LogP) is 3.85. The van der Waals surface area contributed by atoms with Gasteiger partial charge < -0.3 is 24.6 Å². The van der Waals surface area contributed by atoms with Crippen LogP contribution in [0.4, 0.5) is 5.69 Å². The lowest BCUT2D eigenvalue weighted by atomic mass is 10.1. The lowest BCUT2D eigenvalue weighted by molar-refractivity contribution is 0.0390. The number of amides is 1. The number of rotatable bonds is 12. The number of carboxylic acids is 1. The van der Waals surface area contributed by atoms with Gasteiger partial charge in [-0.3, -0.25) is 9.69 Å². The number of sulfonamides is 1. The first-order valence-electron chi connectivity index (χ1n) is 14.5. The largest absolute Gasteiger partial charge is 0.497 e. The molecule has 5 rings (SSSR count). The van der Waals surface area contributed by atoms with Crippen molar-refractivity contribution in [3.05, 3.63) is 89.1 Å². The Balaban J connectivity index is 1.52. The van der Waals surface area contributed by atoms with E-state index >= 15 is 0 Å². The summed E-state index contributed by atoms with van der Waals surface area (Å²) >= 11 is 0. The number of benzene rings is 3. The summed E-state index contributed by atoms with van der Waals surface area (Å²) in [5.74, 6) is -1.20. The van der Waals surface area contributed by atoms with Crippen molar-refractivity contribution in [2.24, 2.45) is 0 Å². The Labute approximate surface area is 266 Å². The minimum Gasteiger partial charge on any atom is -0.497 e. The third kappa shape index (κ3) is 7.37. The number of aromatic nitrogens is 2. The normalized spacial score (nSPS) is 13.7. The molecule has 14 heteroatoms. The SMILES string of the molecule is COc1ccc(-n2nc(C(=O)O)c(C)c2Oc2ccc(NC(=O)c3ccccc3C)cc2S(=O)(=O)NCCN2CCOCC2)cc1. The Morgan fingerprint density at radius 2 is 1.74 bits per heavy atom. The highest BCUT2D eigenvalue weighted by Crippen LogP contribution is 2.35. The van der Waals surface area contributed by atoms with Gasteiger partial charge in [0.25, 0.3) is 5.91 Å². The number of morpholine rings is 1. The Morgan fingerprint density at radius 3 is 2.41 bits per heavy atom. The van der Waals surface area contributed by atoms with Crippen LogP contribution in [0.5, 0.6) is 17.4 Å². The van der Waals surface area contributed by atoms with Gasteiger partial charge in [-0.1, -0.05) is 18.2 Å². The fraction of sp³-hybridized carbons (Fsp3) is 0.281. The number of hydrogen-bond donors (Lipinski definition) is 3. The van der Waals surface area contributed by atoms with Crippen molar-refractivity contribution in [3.8, 4) is 23.1 Å². The molecule has 1 aromatic heterocycles. The number of carboxylic acid groups (broad SMARTS) is 1. The number of ether oxygens (including phenoxy) is 3. The summed E-state index contributed by atoms with van der Waals surface area (Å²) in [7, 11) is -2.68. The van der Waals surface area contributed by atoms with Crippen molar-refractivity contribution in [1.82, 2.24) is 19.4 Å². The molecular formula is C32H35N5O8S. The van der Waals surface area contributed by atoms with Crippen LogP contribution in [-0.4, -0.2) is 86.6 Å². The highest BCUT2D eigenvalue weighted by Gasteiger charge is 2.27. The molecular weight excluding hydrogens is 614 g/mol. The second-order valence-electron chi connectivity index (χ2n) is 10.6. The zero-order valence-corrected chi connectivity index (χ0v) is 26.5. The monoisotopic (exact) mass is 649 g/mol. The molecule has 0 bridgehead atoms. The van der Waals surface area contributed by atoms with E-state index in [2.05, 4.69) is 20.0 Å². The summed E-state index contributed by atoms with van der Waals surface area (Å²) in [5.41, 5.74) is 1.80. The zero-order valence-electron chi connectivity index (χ0n) is 25.6. The molecule has 4 aromatic rings. The number of aryl methyl sites for hydroxylation is 1. The van der Waals surface area contributed by atoms with Gasteiger partial charge in [-0.25, -0.2) is 17.9 Å². The van der Waals surface area contributed by atoms with Gasteiger partial charge in [0, 0.05) is 43.0 Å². The van der Waals surface area contributed by atoms with Crippen molar-refractivity contribution in [1.29, 1.82) is 0 Å². The average Bonchev–Trinajstić information content (AvgIpc) is 3.38. The molecule has 1 amide bonds. The van der Waals surface area contributed by atoms with E-state index in [0.717, 1.165) is 5.56 Å². The van der Waals surface area contributed by atoms with Crippen LogP contribution in [0.25, 0.3) is 5.69 Å². The molecule has 242 valence electrons. The number of anilines is 1. The summed E-state index contributed by atoms with van der Waals surface area (Å²) in [6, 6.07) is 18.0. The van der Waals surface area contributed by atoms with Gasteiger partial charge >= 0.3 is 5.97 Å². The summed E-state index contributed by atoms with van der Waals surface area (Å²) < 4.78 is 48.3. The van der Waals surface area contributed by atoms with Gasteiger partial charge in [0.05, 0.1) is 26.0 Å². The third-order valence-corrected chi connectivity index (χ3v) is 8.98. The van der Waals surface area contributed by atoms with Crippen LogP contribution in [0.2, 0.25) is 0 Å². The van der Waals surface area contributed by atoms with E-state index in [9.17, 15) is 23.1 Å². The van der Waals surface area contributed by atoms with Gasteiger partial charge in [0.1, 0.15) is 16.4 Å². The first-order valence-corrected chi connectivity index (χ1v) is 16.0. The minimum atomic E-state index is -4.20. The summed E-state index contributed by atoms with van der Waals surface area (Å²) in [4.78, 5) is 26.9. The number of carbonyl (C=O) groups excluding carboxylic acids is 1. The molecule has 0 spiro atoms. The lowest BCUT2D eigenvalue weighted by Gasteiger charge is -2.26. The second kappa shape index (κ2) is 14.1. The van der Waals surface area contributed by atoms with Crippen molar-refractivity contribution in [2.75, 3.05) is 51.8 Å². The Morgan fingerprint density at radius 1 is 1.02 bits per heavy atom. The molecule has 0 aliphatic carbocycles. The molecule has 3 N–H and O–H groups in total. The Kier molecular flexibility index (Phi) is 10.0. The highest BCUT2D eigenvalue weighted by atomic mass is 32.2. The second-order valence-corrected chi connectivity index (χ2v) is 12.3. The highest BCUT2D eigenvalue weighted by molar-refractivity contribution is 7.89. The number of hydrogen-bond acceptors (Lipinski definition) is 9. The number of aromatic carboxylic acids is 1. The first-order chi connectivity index (χ1) is 22.1. The molecule has 3 aromatic carbocycles. The molecule has 0 atom stereocenters. The molecule has 2 heterocycles. The standard InChI is InChI=1S/C32H35N5O8S/c1-21-6-4-5-7-26(21)30(38)34-23-8-13-27(28(20-23)46(41,42)33-14-15-36-16-18-44-19-17-36)45-31-22(2)29(32(39)40)35-37(31)24-9-11-25(43-3)12-10-24/h4-13,20,33H,14-19H2,1-3H3,(H,34,38)(H,39,40). The maximum absolute atomic E-state index is 13.8. The van der Waals surface area contributed by atoms with E-state index in [0.29, 0.717) is 49.8 Å². The number of carbonyl (C=O) groups is 2. The van der Waals surface area contributed by atoms with Gasteiger partial charge in [-0.2, -0.15) is 9.78 Å². The van der Waals surface area contributed by atoms with Crippen LogP contribution in [-0.2, 0) is 14.8 Å². The smallest absolute Gasteiger partial charge is 0.356 e. The molecule has 1 aliphatic heterocycles. The maximum Gasteiger partial charge on any atom is 0.356 e. The Hall–Kier alpha value is -4.76. The summed E-state index contributed by atoms with van der Waals surface area (Å²) in [6.07, 6.45) is 0. The van der Waals surface area contributed by atoms with Crippen molar-refractivity contribution in [2.45, 2.75) is 18.7 Å². The van der Waals surface area contributed by atoms with Crippen LogP contribution < -0.4 is 19.5 Å². The lowest BCUT2D eigenvalue weighted by Crippen LogP contribution is -2.41. The van der Waals surface area contributed by atoms with Crippen molar-refractivity contribution in [3.63, 3.8) is 0 Å². The first kappa shape index (κ1) is 32.6.